The van der Waals surface area contributed by atoms with E-state index < -0.39 is 0 Å². The summed E-state index contributed by atoms with van der Waals surface area (Å²) in [6.07, 6.45) is 10.3. The van der Waals surface area contributed by atoms with Crippen LogP contribution in [0.2, 0.25) is 0 Å². The Morgan fingerprint density at radius 3 is 2.57 bits per heavy atom. The van der Waals surface area contributed by atoms with Crippen molar-refractivity contribution in [3.8, 4) is 6.07 Å². The summed E-state index contributed by atoms with van der Waals surface area (Å²) in [4.78, 5) is 31.7. The second-order valence-corrected chi connectivity index (χ2v) is 12.2. The van der Waals surface area contributed by atoms with Gasteiger partial charge in [0.1, 0.15) is 21.8 Å². The second-order valence-electron chi connectivity index (χ2n) is 10.6. The third-order valence-corrected chi connectivity index (χ3v) is 9.05. The first-order valence-electron chi connectivity index (χ1n) is 13.9. The molecule has 1 aromatic heterocycles. The molecule has 0 N–H and O–H groups in total. The molecular weight excluding hydrogens is 500 g/mol. The second kappa shape index (κ2) is 13.6. The topological polar surface area (TPSA) is 69.3 Å². The van der Waals surface area contributed by atoms with Gasteiger partial charge in [0, 0.05) is 31.7 Å². The average molecular weight is 543 g/mol. The molecule has 3 rings (SSSR count). The number of hydrogen-bond donors (Lipinski definition) is 0. The fourth-order valence-corrected chi connectivity index (χ4v) is 6.61. The number of nitrogens with zero attached hydrogens (tertiary/aromatic N) is 4. The number of thiocarbonyl (C=S) groups is 1. The summed E-state index contributed by atoms with van der Waals surface area (Å²) in [6.45, 7) is 13.5. The van der Waals surface area contributed by atoms with Gasteiger partial charge in [-0.05, 0) is 56.1 Å². The Balaban J connectivity index is 2.11. The van der Waals surface area contributed by atoms with Gasteiger partial charge >= 0.3 is 0 Å². The van der Waals surface area contributed by atoms with Crippen LogP contribution in [-0.2, 0) is 11.3 Å². The number of nitriles is 1. The van der Waals surface area contributed by atoms with E-state index in [1.807, 2.05) is 13.0 Å². The Morgan fingerprint density at radius 1 is 1.22 bits per heavy atom. The van der Waals surface area contributed by atoms with Crippen LogP contribution < -0.4 is 10.5 Å². The molecule has 2 aliphatic rings. The number of carbonyl (C=O) groups is 1. The van der Waals surface area contributed by atoms with Crippen molar-refractivity contribution in [1.29, 1.82) is 5.26 Å². The SMILES string of the molecule is CCCCC(CC)CN1C(=O)/C(=C\c2c(C)c(C#N)c(=O)n(CCCC)c2N2CCCC(C)C2)SC1=S. The molecular formula is C29H42N4O2S2. The van der Waals surface area contributed by atoms with E-state index in [4.69, 9.17) is 12.2 Å². The van der Waals surface area contributed by atoms with E-state index in [1.165, 1.54) is 11.8 Å². The highest BCUT2D eigenvalue weighted by Crippen LogP contribution is 2.37. The maximum Gasteiger partial charge on any atom is 0.270 e. The first-order chi connectivity index (χ1) is 17.8. The summed E-state index contributed by atoms with van der Waals surface area (Å²) in [5.74, 6) is 1.72. The third-order valence-electron chi connectivity index (χ3n) is 7.67. The Hall–Kier alpha value is -2.11. The summed E-state index contributed by atoms with van der Waals surface area (Å²) in [6, 6.07) is 2.16. The molecule has 202 valence electrons. The fraction of sp³-hybridized carbons (Fsp3) is 0.655. The van der Waals surface area contributed by atoms with E-state index in [1.54, 1.807) is 9.47 Å². The maximum atomic E-state index is 13.6. The predicted molar refractivity (Wildman–Crippen MR) is 159 cm³/mol. The lowest BCUT2D eigenvalue weighted by molar-refractivity contribution is -0.122. The summed E-state index contributed by atoms with van der Waals surface area (Å²) in [5, 5.41) is 9.91. The van der Waals surface area contributed by atoms with Gasteiger partial charge in [0.15, 0.2) is 0 Å². The predicted octanol–water partition coefficient (Wildman–Crippen LogP) is 6.48. The molecule has 0 radical (unpaired) electrons. The average Bonchev–Trinajstić information content (AvgIpc) is 3.14. The molecule has 3 heterocycles. The van der Waals surface area contributed by atoms with Crippen molar-refractivity contribution in [3.05, 3.63) is 31.9 Å². The molecule has 6 nitrogen and oxygen atoms in total. The summed E-state index contributed by atoms with van der Waals surface area (Å²) >= 11 is 7.00. The van der Waals surface area contributed by atoms with Crippen LogP contribution in [-0.4, -0.2) is 39.3 Å². The van der Waals surface area contributed by atoms with Crippen molar-refractivity contribution in [3.63, 3.8) is 0 Å². The highest BCUT2D eigenvalue weighted by Gasteiger charge is 2.34. The Morgan fingerprint density at radius 2 is 1.95 bits per heavy atom. The third kappa shape index (κ3) is 6.67. The van der Waals surface area contributed by atoms with Gasteiger partial charge in [0.2, 0.25) is 0 Å². The van der Waals surface area contributed by atoms with Crippen molar-refractivity contribution in [2.75, 3.05) is 24.5 Å². The van der Waals surface area contributed by atoms with Gasteiger partial charge in [-0.25, -0.2) is 0 Å². The molecule has 2 fully saturated rings. The van der Waals surface area contributed by atoms with Crippen LogP contribution in [0.4, 0.5) is 5.82 Å². The minimum atomic E-state index is -0.229. The molecule has 0 aliphatic carbocycles. The van der Waals surface area contributed by atoms with Crippen molar-refractivity contribution >= 4 is 46.1 Å². The number of thioether (sulfide) groups is 1. The van der Waals surface area contributed by atoms with Crippen LogP contribution in [0.1, 0.15) is 95.8 Å². The lowest BCUT2D eigenvalue weighted by Crippen LogP contribution is -2.40. The molecule has 37 heavy (non-hydrogen) atoms. The van der Waals surface area contributed by atoms with E-state index in [9.17, 15) is 14.9 Å². The molecule has 0 bridgehead atoms. The van der Waals surface area contributed by atoms with Gasteiger partial charge in [-0.3, -0.25) is 19.1 Å². The summed E-state index contributed by atoms with van der Waals surface area (Å²) in [5.41, 5.74) is 1.39. The van der Waals surface area contributed by atoms with Gasteiger partial charge in [0.25, 0.3) is 11.5 Å². The number of unbranched alkanes of at least 4 members (excludes halogenated alkanes) is 2. The zero-order chi connectivity index (χ0) is 27.1. The lowest BCUT2D eigenvalue weighted by atomic mass is 9.97. The smallest absolute Gasteiger partial charge is 0.270 e. The molecule has 0 aromatic carbocycles. The van der Waals surface area contributed by atoms with Gasteiger partial charge in [-0.15, -0.1) is 0 Å². The Bertz CT molecular complexity index is 1130. The minimum Gasteiger partial charge on any atom is -0.357 e. The van der Waals surface area contributed by atoms with Crippen molar-refractivity contribution in [2.24, 2.45) is 11.8 Å². The highest BCUT2D eigenvalue weighted by atomic mass is 32.2. The number of pyridine rings is 1. The molecule has 2 atom stereocenters. The molecule has 0 saturated carbocycles. The molecule has 2 unspecified atom stereocenters. The van der Waals surface area contributed by atoms with E-state index in [2.05, 4.69) is 38.7 Å². The standard InChI is InChI=1S/C29H42N4O2S2/c1-6-9-13-22(8-3)19-33-28(35)25(37-29(33)36)16-23-21(5)24(17-30)27(34)32(15-10-7-2)26(23)31-14-11-12-20(4)18-31/h16,20,22H,6-15,18-19H2,1-5H3/b25-16+. The molecule has 2 saturated heterocycles. The van der Waals surface area contributed by atoms with E-state index in [0.717, 1.165) is 75.8 Å². The van der Waals surface area contributed by atoms with Gasteiger partial charge in [-0.1, -0.05) is 77.4 Å². The van der Waals surface area contributed by atoms with Crippen LogP contribution in [0, 0.1) is 30.1 Å². The molecule has 1 aromatic rings. The van der Waals surface area contributed by atoms with Crippen LogP contribution in [0.3, 0.4) is 0 Å². The lowest BCUT2D eigenvalue weighted by Gasteiger charge is -2.36. The normalized spacial score (nSPS) is 20.1. The van der Waals surface area contributed by atoms with Gasteiger partial charge in [0.05, 0.1) is 4.91 Å². The highest BCUT2D eigenvalue weighted by molar-refractivity contribution is 8.26. The monoisotopic (exact) mass is 542 g/mol. The quantitative estimate of drug-likeness (QED) is 0.235. The Labute approximate surface area is 232 Å². The zero-order valence-corrected chi connectivity index (χ0v) is 24.8. The number of anilines is 1. The van der Waals surface area contributed by atoms with E-state index in [-0.39, 0.29) is 17.0 Å². The van der Waals surface area contributed by atoms with Gasteiger partial charge < -0.3 is 4.90 Å². The van der Waals surface area contributed by atoms with Crippen molar-refractivity contribution < 1.29 is 4.79 Å². The van der Waals surface area contributed by atoms with Crippen LogP contribution in [0.5, 0.6) is 0 Å². The first-order valence-corrected chi connectivity index (χ1v) is 15.2. The summed E-state index contributed by atoms with van der Waals surface area (Å²) < 4.78 is 2.38. The number of hydrogen-bond acceptors (Lipinski definition) is 6. The first kappa shape index (κ1) is 29.4. The molecule has 1 amide bonds. The minimum absolute atomic E-state index is 0.0628. The molecule has 0 spiro atoms. The molecule has 2 aliphatic heterocycles. The molecule has 8 heteroatoms. The fourth-order valence-electron chi connectivity index (χ4n) is 5.35. The van der Waals surface area contributed by atoms with Crippen LogP contribution in [0.15, 0.2) is 9.70 Å². The number of amides is 1. The number of rotatable bonds is 11. The van der Waals surface area contributed by atoms with Crippen LogP contribution >= 0.6 is 24.0 Å². The van der Waals surface area contributed by atoms with E-state index >= 15 is 0 Å². The van der Waals surface area contributed by atoms with Crippen molar-refractivity contribution in [1.82, 2.24) is 9.47 Å². The van der Waals surface area contributed by atoms with E-state index in [0.29, 0.717) is 39.7 Å². The number of aromatic nitrogens is 1. The number of carbonyl (C=O) groups excluding carboxylic acids is 1. The van der Waals surface area contributed by atoms with Crippen molar-refractivity contribution in [2.45, 2.75) is 92.5 Å². The van der Waals surface area contributed by atoms with Gasteiger partial charge in [-0.2, -0.15) is 5.26 Å². The maximum absolute atomic E-state index is 13.6. The zero-order valence-electron chi connectivity index (χ0n) is 23.1. The Kier molecular flexibility index (Phi) is 10.8. The number of piperidine rings is 1. The summed E-state index contributed by atoms with van der Waals surface area (Å²) in [7, 11) is 0. The largest absolute Gasteiger partial charge is 0.357 e. The van der Waals surface area contributed by atoms with Crippen LogP contribution in [0.25, 0.3) is 6.08 Å².